The molecule has 3 nitrogen and oxygen atoms in total. The van der Waals surface area contributed by atoms with Crippen molar-refractivity contribution in [3.8, 4) is 0 Å². The molecule has 0 saturated carbocycles. The van der Waals surface area contributed by atoms with E-state index in [1.165, 1.54) is 21.2 Å². The molecule has 1 fully saturated rings. The van der Waals surface area contributed by atoms with Gasteiger partial charge in [-0.1, -0.05) is 42.5 Å². The van der Waals surface area contributed by atoms with E-state index in [1.54, 1.807) is 0 Å². The van der Waals surface area contributed by atoms with Crippen LogP contribution < -0.4 is 4.90 Å². The molecule has 0 bridgehead atoms. The minimum Gasteiger partial charge on any atom is -0.466 e. The number of piperidine rings is 1. The number of benzene rings is 2. The molecule has 1 heterocycles. The summed E-state index contributed by atoms with van der Waals surface area (Å²) in [5.41, 5.74) is 1.37. The zero-order valence-corrected chi connectivity index (χ0v) is 13.2. The zero-order valence-electron chi connectivity index (χ0n) is 13.2. The Balaban J connectivity index is 1.73. The number of ether oxygens (including phenoxy) is 1. The third kappa shape index (κ3) is 3.30. The van der Waals surface area contributed by atoms with E-state index in [9.17, 15) is 4.79 Å². The first-order valence-corrected chi connectivity index (χ1v) is 8.24. The van der Waals surface area contributed by atoms with Crippen LogP contribution in [0.1, 0.15) is 25.3 Å². The molecule has 0 amide bonds. The number of esters is 1. The largest absolute Gasteiger partial charge is 0.466 e. The molecule has 3 rings (SSSR count). The molecular weight excluding hydrogens is 274 g/mol. The molecule has 1 saturated heterocycles. The van der Waals surface area contributed by atoms with Crippen molar-refractivity contribution in [1.82, 2.24) is 0 Å². The predicted octanol–water partition coefficient (Wildman–Crippen LogP) is 2.20. The van der Waals surface area contributed by atoms with Crippen molar-refractivity contribution in [1.29, 1.82) is 0 Å². The molecule has 22 heavy (non-hydrogen) atoms. The Morgan fingerprint density at radius 1 is 1.23 bits per heavy atom. The van der Waals surface area contributed by atoms with E-state index in [-0.39, 0.29) is 11.9 Å². The van der Waals surface area contributed by atoms with E-state index in [0.29, 0.717) is 6.61 Å². The van der Waals surface area contributed by atoms with Gasteiger partial charge >= 0.3 is 5.97 Å². The normalized spacial score (nSPS) is 21.7. The van der Waals surface area contributed by atoms with Crippen molar-refractivity contribution in [2.45, 2.75) is 26.3 Å². The molecule has 116 valence electrons. The summed E-state index contributed by atoms with van der Waals surface area (Å²) in [4.78, 5) is 13.5. The van der Waals surface area contributed by atoms with Gasteiger partial charge in [-0.15, -0.1) is 0 Å². The molecule has 1 N–H and O–H groups in total. The average molecular weight is 298 g/mol. The molecule has 0 aliphatic carbocycles. The van der Waals surface area contributed by atoms with Gasteiger partial charge in [-0.25, -0.2) is 0 Å². The summed E-state index contributed by atoms with van der Waals surface area (Å²) in [5.74, 6) is 0.0521. The third-order valence-corrected chi connectivity index (χ3v) is 4.56. The molecule has 1 aliphatic heterocycles. The molecule has 1 aliphatic rings. The first-order valence-electron chi connectivity index (χ1n) is 8.24. The monoisotopic (exact) mass is 298 g/mol. The predicted molar refractivity (Wildman–Crippen MR) is 87.7 cm³/mol. The Labute approximate surface area is 131 Å². The van der Waals surface area contributed by atoms with Gasteiger partial charge in [0.15, 0.2) is 0 Å². The molecule has 0 radical (unpaired) electrons. The third-order valence-electron chi connectivity index (χ3n) is 4.56. The SMILES string of the molecule is CCOC(=O)[C@H]1CCC[NH+](Cc2cccc3ccccc23)C1. The number of likely N-dealkylation sites (tertiary alicyclic amines) is 1. The van der Waals surface area contributed by atoms with Crippen LogP contribution in [0, 0.1) is 5.92 Å². The Kier molecular flexibility index (Phi) is 4.74. The van der Waals surface area contributed by atoms with Crippen LogP contribution in [0.2, 0.25) is 0 Å². The smallest absolute Gasteiger partial charge is 0.314 e. The fourth-order valence-electron chi connectivity index (χ4n) is 3.49. The van der Waals surface area contributed by atoms with Gasteiger partial charge in [0, 0.05) is 5.56 Å². The van der Waals surface area contributed by atoms with Crippen LogP contribution in [0.15, 0.2) is 42.5 Å². The van der Waals surface area contributed by atoms with Crippen LogP contribution in [-0.4, -0.2) is 25.7 Å². The minimum absolute atomic E-state index is 0.0161. The number of carbonyl (C=O) groups excluding carboxylic acids is 1. The van der Waals surface area contributed by atoms with Crippen LogP contribution in [-0.2, 0) is 16.1 Å². The summed E-state index contributed by atoms with van der Waals surface area (Å²) < 4.78 is 5.20. The van der Waals surface area contributed by atoms with Gasteiger partial charge in [-0.05, 0) is 30.5 Å². The summed E-state index contributed by atoms with van der Waals surface area (Å²) in [7, 11) is 0. The van der Waals surface area contributed by atoms with Crippen molar-refractivity contribution in [3.05, 3.63) is 48.0 Å². The Morgan fingerprint density at radius 2 is 2.05 bits per heavy atom. The molecule has 1 unspecified atom stereocenters. The number of nitrogens with one attached hydrogen (secondary N) is 1. The highest BCUT2D eigenvalue weighted by molar-refractivity contribution is 5.85. The van der Waals surface area contributed by atoms with Crippen LogP contribution in [0.5, 0.6) is 0 Å². The van der Waals surface area contributed by atoms with Crippen molar-refractivity contribution in [2.75, 3.05) is 19.7 Å². The van der Waals surface area contributed by atoms with Gasteiger partial charge in [0.05, 0.1) is 19.7 Å². The first kappa shape index (κ1) is 15.0. The number of quaternary nitrogens is 1. The number of fused-ring (bicyclic) bond motifs is 1. The zero-order chi connectivity index (χ0) is 15.4. The van der Waals surface area contributed by atoms with Gasteiger partial charge in [0.25, 0.3) is 0 Å². The lowest BCUT2D eigenvalue weighted by Gasteiger charge is -2.29. The highest BCUT2D eigenvalue weighted by atomic mass is 16.5. The minimum atomic E-state index is -0.0161. The maximum atomic E-state index is 12.0. The summed E-state index contributed by atoms with van der Waals surface area (Å²) in [5, 5.41) is 2.62. The van der Waals surface area contributed by atoms with Crippen molar-refractivity contribution in [3.63, 3.8) is 0 Å². The lowest BCUT2D eigenvalue weighted by molar-refractivity contribution is -0.921. The van der Waals surface area contributed by atoms with Gasteiger partial charge in [-0.3, -0.25) is 4.79 Å². The molecule has 2 aromatic rings. The van der Waals surface area contributed by atoms with E-state index in [0.717, 1.165) is 32.5 Å². The van der Waals surface area contributed by atoms with Crippen LogP contribution in [0.4, 0.5) is 0 Å². The molecule has 2 aromatic carbocycles. The number of rotatable bonds is 4. The number of carbonyl (C=O) groups is 1. The van der Waals surface area contributed by atoms with Gasteiger partial charge < -0.3 is 9.64 Å². The highest BCUT2D eigenvalue weighted by Gasteiger charge is 2.29. The second-order valence-electron chi connectivity index (χ2n) is 6.11. The topological polar surface area (TPSA) is 30.7 Å². The van der Waals surface area contributed by atoms with Crippen molar-refractivity contribution >= 4 is 16.7 Å². The molecule has 2 atom stereocenters. The summed E-state index contributed by atoms with van der Waals surface area (Å²) in [6.07, 6.45) is 2.07. The molecule has 0 spiro atoms. The van der Waals surface area contributed by atoms with Gasteiger partial charge in [-0.2, -0.15) is 0 Å². The quantitative estimate of drug-likeness (QED) is 0.877. The lowest BCUT2D eigenvalue weighted by Crippen LogP contribution is -3.12. The van der Waals surface area contributed by atoms with Crippen molar-refractivity contribution < 1.29 is 14.4 Å². The second-order valence-corrected chi connectivity index (χ2v) is 6.11. The van der Waals surface area contributed by atoms with Crippen LogP contribution in [0.25, 0.3) is 10.8 Å². The maximum absolute atomic E-state index is 12.0. The summed E-state index contributed by atoms with van der Waals surface area (Å²) in [6, 6.07) is 15.0. The molecular formula is C19H24NO2+. The fraction of sp³-hybridized carbons (Fsp3) is 0.421. The standard InChI is InChI=1S/C19H23NO2/c1-2-22-19(21)17-10-6-12-20(14-17)13-16-9-5-8-15-7-3-4-11-18(15)16/h3-5,7-9,11,17H,2,6,10,12-14H2,1H3/p+1/t17-/m0/s1. The van der Waals surface area contributed by atoms with E-state index in [4.69, 9.17) is 4.74 Å². The number of hydrogen-bond acceptors (Lipinski definition) is 2. The lowest BCUT2D eigenvalue weighted by atomic mass is 9.97. The van der Waals surface area contributed by atoms with Gasteiger partial charge in [0.1, 0.15) is 12.5 Å². The Morgan fingerprint density at radius 3 is 2.91 bits per heavy atom. The maximum Gasteiger partial charge on any atom is 0.314 e. The Hall–Kier alpha value is -1.87. The Bertz CT molecular complexity index is 647. The van der Waals surface area contributed by atoms with E-state index >= 15 is 0 Å². The average Bonchev–Trinajstić information content (AvgIpc) is 2.56. The fourth-order valence-corrected chi connectivity index (χ4v) is 3.49. The first-order chi connectivity index (χ1) is 10.8. The van der Waals surface area contributed by atoms with E-state index < -0.39 is 0 Å². The van der Waals surface area contributed by atoms with Crippen LogP contribution in [0.3, 0.4) is 0 Å². The second kappa shape index (κ2) is 6.93. The summed E-state index contributed by atoms with van der Waals surface area (Å²) >= 11 is 0. The summed E-state index contributed by atoms with van der Waals surface area (Å²) in [6.45, 7) is 5.37. The van der Waals surface area contributed by atoms with Crippen LogP contribution >= 0.6 is 0 Å². The van der Waals surface area contributed by atoms with E-state index in [1.807, 2.05) is 6.92 Å². The highest BCUT2D eigenvalue weighted by Crippen LogP contribution is 2.18. The van der Waals surface area contributed by atoms with Gasteiger partial charge in [0.2, 0.25) is 0 Å². The molecule has 3 heteroatoms. The van der Waals surface area contributed by atoms with Crippen molar-refractivity contribution in [2.24, 2.45) is 5.92 Å². The number of hydrogen-bond donors (Lipinski definition) is 1. The molecule has 0 aromatic heterocycles. The van der Waals surface area contributed by atoms with E-state index in [2.05, 4.69) is 42.5 Å².